The summed E-state index contributed by atoms with van der Waals surface area (Å²) in [5.74, 6) is -0.655. The van der Waals surface area contributed by atoms with E-state index in [1.54, 1.807) is 41.2 Å². The van der Waals surface area contributed by atoms with E-state index in [0.29, 0.717) is 49.2 Å². The van der Waals surface area contributed by atoms with Crippen LogP contribution in [-0.2, 0) is 65.0 Å². The Bertz CT molecular complexity index is 3020. The van der Waals surface area contributed by atoms with Crippen LogP contribution < -0.4 is 31.5 Å². The largest absolute Gasteiger partial charge is 0.488 e. The normalized spacial score (nSPS) is 19.0. The van der Waals surface area contributed by atoms with Crippen molar-refractivity contribution < 1.29 is 88.0 Å². The van der Waals surface area contributed by atoms with Crippen LogP contribution in [0.25, 0.3) is 33.3 Å². The van der Waals surface area contributed by atoms with E-state index in [4.69, 9.17) is 38.5 Å². The molecule has 28 nitrogen and oxygen atoms in total. The number of imidazole rings is 1. The number of benzene rings is 1. The predicted octanol–water partition coefficient (Wildman–Crippen LogP) is 1.76. The molecule has 5 heterocycles. The third-order valence-electron chi connectivity index (χ3n) is 10.6. The maximum absolute atomic E-state index is 13.0. The monoisotopic (exact) mass is 1090 g/mol. The summed E-state index contributed by atoms with van der Waals surface area (Å²) in [6.07, 6.45) is 0.664. The summed E-state index contributed by atoms with van der Waals surface area (Å²) in [5.41, 5.74) is 7.80. The van der Waals surface area contributed by atoms with Crippen molar-refractivity contribution >= 4 is 89.9 Å². The first-order valence-corrected chi connectivity index (χ1v) is 28.7. The van der Waals surface area contributed by atoms with Crippen molar-refractivity contribution in [3.8, 4) is 11.1 Å². The summed E-state index contributed by atoms with van der Waals surface area (Å²) in [6.45, 7) is -2.30. The fraction of sp³-hybridized carbons (Fsp3) is 0.447. The SMILES string of the molecule is CCN(CCCCCC(=O)NCCNC(=O)O[C@@H]1[C@H](O)[C@@H](COP(=O)(O)OP(=O)(O)OP(O)(O)=S)O[C@H]1n1cnc2c(N)ncnc21)c1ccc2cc(-c3cc[n+](CCCS(=O)(=O)O)cc3)c(=O)oc2c1. The highest BCUT2D eigenvalue weighted by Crippen LogP contribution is 2.66. The van der Waals surface area contributed by atoms with E-state index in [0.717, 1.165) is 23.8 Å². The molecule has 0 saturated carbocycles. The lowest BCUT2D eigenvalue weighted by molar-refractivity contribution is -0.696. The van der Waals surface area contributed by atoms with Gasteiger partial charge in [-0.3, -0.25) is 18.4 Å². The predicted molar refractivity (Wildman–Crippen MR) is 253 cm³/mol. The third-order valence-corrected chi connectivity index (χ3v) is 15.8. The number of aryl methyl sites for hydroxylation is 1. The number of phosphoric ester groups is 1. The number of anilines is 2. The summed E-state index contributed by atoms with van der Waals surface area (Å²) in [6, 6.07) is 10.8. The number of aromatic nitrogens is 5. The second-order valence-corrected chi connectivity index (χ2v) is 23.1. The van der Waals surface area contributed by atoms with Gasteiger partial charge in [-0.2, -0.15) is 12.7 Å². The Morgan fingerprint density at radius 1 is 0.986 bits per heavy atom. The number of ether oxygens (including phenoxy) is 2. The molecule has 0 radical (unpaired) electrons. The number of aliphatic hydroxyl groups excluding tert-OH is 1. The van der Waals surface area contributed by atoms with E-state index in [-0.39, 0.29) is 54.6 Å². The molecule has 388 valence electrons. The van der Waals surface area contributed by atoms with Crippen molar-refractivity contribution in [2.24, 2.45) is 0 Å². The van der Waals surface area contributed by atoms with Crippen LogP contribution in [0.2, 0.25) is 0 Å². The molecule has 6 rings (SSSR count). The Labute approximate surface area is 408 Å². The summed E-state index contributed by atoms with van der Waals surface area (Å²) in [4.78, 5) is 90.7. The maximum atomic E-state index is 13.0. The van der Waals surface area contributed by atoms with Crippen molar-refractivity contribution in [2.75, 3.05) is 49.2 Å². The Morgan fingerprint density at radius 2 is 1.72 bits per heavy atom. The highest BCUT2D eigenvalue weighted by atomic mass is 32.5. The number of amides is 2. The van der Waals surface area contributed by atoms with Gasteiger partial charge in [0.05, 0.1) is 24.3 Å². The summed E-state index contributed by atoms with van der Waals surface area (Å²) < 4.78 is 87.9. The van der Waals surface area contributed by atoms with Crippen molar-refractivity contribution in [1.29, 1.82) is 0 Å². The van der Waals surface area contributed by atoms with E-state index in [9.17, 15) is 46.8 Å². The Balaban J connectivity index is 0.940. The molecule has 1 fully saturated rings. The molecule has 0 spiro atoms. The number of alkyl carbamates (subject to hydrolysis) is 1. The van der Waals surface area contributed by atoms with E-state index in [2.05, 4.69) is 50.9 Å². The second-order valence-electron chi connectivity index (χ2n) is 15.7. The van der Waals surface area contributed by atoms with Crippen LogP contribution in [0.1, 0.15) is 45.3 Å². The van der Waals surface area contributed by atoms with Crippen LogP contribution in [0.3, 0.4) is 0 Å². The minimum Gasteiger partial charge on any atom is -0.439 e. The summed E-state index contributed by atoms with van der Waals surface area (Å²) in [7, 11) is -15.2. The number of pyridine rings is 1. The van der Waals surface area contributed by atoms with Gasteiger partial charge in [0, 0.05) is 73.9 Å². The Morgan fingerprint density at radius 3 is 2.42 bits per heavy atom. The van der Waals surface area contributed by atoms with Crippen molar-refractivity contribution in [3.63, 3.8) is 0 Å². The molecule has 1 aliphatic heterocycles. The molecule has 5 aromatic rings. The minimum atomic E-state index is -5.65. The number of carbonyl (C=O) groups is 2. The Kier molecular flexibility index (Phi) is 18.6. The highest BCUT2D eigenvalue weighted by Gasteiger charge is 2.49. The number of phosphoric acid groups is 2. The number of nitrogens with two attached hydrogens (primary N) is 1. The van der Waals surface area contributed by atoms with Crippen LogP contribution in [-0.4, -0.2) is 126 Å². The van der Waals surface area contributed by atoms with E-state index < -0.39 is 75.3 Å². The van der Waals surface area contributed by atoms with Gasteiger partial charge in [-0.1, -0.05) is 6.42 Å². The molecule has 6 atom stereocenters. The van der Waals surface area contributed by atoms with E-state index >= 15 is 0 Å². The zero-order valence-electron chi connectivity index (χ0n) is 37.5. The number of nitrogen functional groups attached to an aromatic ring is 1. The van der Waals surface area contributed by atoms with E-state index in [1.165, 1.54) is 10.9 Å². The van der Waals surface area contributed by atoms with E-state index in [1.807, 2.05) is 19.1 Å². The van der Waals surface area contributed by atoms with Crippen molar-refractivity contribution in [1.82, 2.24) is 30.2 Å². The molecule has 10 N–H and O–H groups in total. The lowest BCUT2D eigenvalue weighted by Crippen LogP contribution is -2.41. The molecule has 1 aliphatic rings. The number of rotatable bonds is 25. The maximum Gasteiger partial charge on any atom is 0.488 e. The zero-order valence-corrected chi connectivity index (χ0v) is 41.8. The molecule has 1 saturated heterocycles. The van der Waals surface area contributed by atoms with Gasteiger partial charge in [-0.05, 0) is 49.8 Å². The number of hydrogen-bond acceptors (Lipinski definition) is 20. The van der Waals surface area contributed by atoms with Crippen molar-refractivity contribution in [2.45, 2.75) is 70.1 Å². The lowest BCUT2D eigenvalue weighted by atomic mass is 10.1. The molecular weight excluding hydrogens is 1040 g/mol. The van der Waals surface area contributed by atoms with Crippen LogP contribution in [0.4, 0.5) is 16.3 Å². The average Bonchev–Trinajstić information content (AvgIpc) is 3.84. The van der Waals surface area contributed by atoms with Crippen LogP contribution in [0.15, 0.2) is 70.7 Å². The first-order chi connectivity index (χ1) is 33.4. The molecule has 33 heteroatoms. The average molecular weight is 1090 g/mol. The summed E-state index contributed by atoms with van der Waals surface area (Å²) in [5, 5.41) is 17.0. The minimum absolute atomic E-state index is 0.00178. The quantitative estimate of drug-likeness (QED) is 0.0132. The third kappa shape index (κ3) is 16.1. The lowest BCUT2D eigenvalue weighted by Gasteiger charge is -2.23. The highest BCUT2D eigenvalue weighted by molar-refractivity contribution is 8.08. The first-order valence-electron chi connectivity index (χ1n) is 21.4. The Hall–Kier alpha value is -4.87. The number of nitrogens with one attached hydrogen (secondary N) is 2. The van der Waals surface area contributed by atoms with Crippen molar-refractivity contribution in [3.05, 3.63) is 71.9 Å². The van der Waals surface area contributed by atoms with Gasteiger partial charge in [0.25, 0.3) is 10.1 Å². The van der Waals surface area contributed by atoms with Gasteiger partial charge in [-0.15, -0.1) is 0 Å². The van der Waals surface area contributed by atoms with Gasteiger partial charge in [-0.25, -0.2) is 42.5 Å². The topological polar surface area (TPSA) is 401 Å². The summed E-state index contributed by atoms with van der Waals surface area (Å²) >= 11 is 4.07. The second kappa shape index (κ2) is 23.8. The molecule has 4 aromatic heterocycles. The number of aliphatic hydroxyl groups is 1. The fourth-order valence-corrected chi connectivity index (χ4v) is 11.6. The molecule has 71 heavy (non-hydrogen) atoms. The molecule has 2 unspecified atom stereocenters. The fourth-order valence-electron chi connectivity index (χ4n) is 7.30. The zero-order chi connectivity index (χ0) is 51.7. The molecule has 1 aromatic carbocycles. The van der Waals surface area contributed by atoms with Gasteiger partial charge >= 0.3 is 34.1 Å². The molecule has 0 aliphatic carbocycles. The number of unbranched alkanes of at least 4 members (excludes halogenated alkanes) is 2. The number of carbonyl (C=O) groups excluding carboxylic acids is 2. The molecule has 0 bridgehead atoms. The number of hydrogen-bond donors (Lipinski definition) is 9. The first kappa shape index (κ1) is 55.4. The standard InChI is InChI=1S/C38H50N9O19P3S2/c1-2-46(26-9-8-25-19-27(37(50)63-28(25)20-26)24-10-16-45(17-11-24)14-6-18-71(58,59)60)15-5-3-4-7-30(48)40-12-13-41-38(51)64-33-32(49)29(21-61-67(52,53)65-68(54,55)66-69(56,57)70)62-36(33)47-23-44-31-34(39)42-22-43-35(31)47/h8-11,16-17,19-20,22-23,29,32-33,36,49H,2-7,12-15,18,21H2,1H3,(H8-,39,40,41,42,43,48,51,52,53,54,55,56,57,58,59,60,70)/p+1/t29-,32-,33-,36-/m1/s1. The van der Waals surface area contributed by atoms with Crippen LogP contribution in [0.5, 0.6) is 0 Å². The van der Waals surface area contributed by atoms with Crippen LogP contribution >= 0.6 is 22.4 Å². The number of nitrogens with zero attached hydrogens (tertiary/aromatic N) is 6. The molecule has 2 amide bonds. The van der Waals surface area contributed by atoms with Gasteiger partial charge in [0.2, 0.25) is 5.91 Å². The smallest absolute Gasteiger partial charge is 0.439 e. The van der Waals surface area contributed by atoms with Gasteiger partial charge in [0.1, 0.15) is 36.2 Å². The van der Waals surface area contributed by atoms with Gasteiger partial charge in [0.15, 0.2) is 36.2 Å². The molecular formula is C38H51N9O19P3S2+. The van der Waals surface area contributed by atoms with Crippen LogP contribution in [0, 0.1) is 0 Å². The van der Waals surface area contributed by atoms with Gasteiger partial charge < -0.3 is 59.8 Å². The number of fused-ring (bicyclic) bond motifs is 2.